The van der Waals surface area contributed by atoms with E-state index in [2.05, 4.69) is 17.3 Å². The van der Waals surface area contributed by atoms with Gasteiger partial charge in [-0.1, -0.05) is 25.1 Å². The van der Waals surface area contributed by atoms with Crippen LogP contribution < -0.4 is 10.9 Å². The quantitative estimate of drug-likeness (QED) is 0.530. The molecule has 0 saturated heterocycles. The van der Waals surface area contributed by atoms with Crippen molar-refractivity contribution in [1.82, 2.24) is 14.3 Å². The number of pyridine rings is 1. The standard InChI is InChI=1S/C24H23FN4O2/c1-4-17-8-10-20(11-9-17)29-24-23(16(3)27-29)15(2)12-22(31)28(24)14-21(30)26-19-7-5-6-18(25)13-19/h5-13H,4,14H2,1-3H3,(H,26,30). The number of carbonyl (C=O) groups excluding carboxylic acids is 1. The Morgan fingerprint density at radius 1 is 1.10 bits per heavy atom. The molecule has 0 saturated carbocycles. The van der Waals surface area contributed by atoms with E-state index in [0.29, 0.717) is 11.3 Å². The number of aromatic nitrogens is 3. The van der Waals surface area contributed by atoms with E-state index in [1.165, 1.54) is 34.4 Å². The molecule has 4 aromatic rings. The van der Waals surface area contributed by atoms with E-state index >= 15 is 0 Å². The van der Waals surface area contributed by atoms with Gasteiger partial charge in [-0.2, -0.15) is 5.10 Å². The van der Waals surface area contributed by atoms with E-state index in [4.69, 9.17) is 0 Å². The number of hydrogen-bond donors (Lipinski definition) is 1. The van der Waals surface area contributed by atoms with E-state index in [9.17, 15) is 14.0 Å². The summed E-state index contributed by atoms with van der Waals surface area (Å²) in [4.78, 5) is 25.6. The highest BCUT2D eigenvalue weighted by Crippen LogP contribution is 2.24. The van der Waals surface area contributed by atoms with Crippen molar-refractivity contribution >= 4 is 22.6 Å². The maximum atomic E-state index is 13.4. The van der Waals surface area contributed by atoms with Gasteiger partial charge in [-0.3, -0.25) is 14.2 Å². The number of aryl methyl sites for hydroxylation is 3. The van der Waals surface area contributed by atoms with Crippen LogP contribution in [0, 0.1) is 19.7 Å². The second kappa shape index (κ2) is 8.18. The van der Waals surface area contributed by atoms with Gasteiger partial charge in [-0.15, -0.1) is 0 Å². The third kappa shape index (κ3) is 3.99. The molecule has 1 N–H and O–H groups in total. The number of anilines is 1. The summed E-state index contributed by atoms with van der Waals surface area (Å²) in [6.07, 6.45) is 0.920. The maximum Gasteiger partial charge on any atom is 0.252 e. The van der Waals surface area contributed by atoms with Gasteiger partial charge in [0.05, 0.1) is 11.4 Å². The largest absolute Gasteiger partial charge is 0.324 e. The lowest BCUT2D eigenvalue weighted by molar-refractivity contribution is -0.116. The summed E-state index contributed by atoms with van der Waals surface area (Å²) >= 11 is 0. The fraction of sp³-hybridized carbons (Fsp3) is 0.208. The highest BCUT2D eigenvalue weighted by molar-refractivity contribution is 5.92. The first kappa shape index (κ1) is 20.5. The number of benzene rings is 2. The second-order valence-electron chi connectivity index (χ2n) is 7.53. The molecular formula is C24H23FN4O2. The molecule has 2 heterocycles. The molecule has 0 aliphatic rings. The number of halogens is 1. The predicted molar refractivity (Wildman–Crippen MR) is 119 cm³/mol. The Bertz CT molecular complexity index is 1340. The van der Waals surface area contributed by atoms with Gasteiger partial charge in [0.2, 0.25) is 5.91 Å². The van der Waals surface area contributed by atoms with E-state index in [1.807, 2.05) is 38.1 Å². The van der Waals surface area contributed by atoms with Crippen molar-refractivity contribution in [3.05, 3.63) is 87.6 Å². The lowest BCUT2D eigenvalue weighted by Gasteiger charge is -2.13. The summed E-state index contributed by atoms with van der Waals surface area (Å²) in [6, 6.07) is 15.1. The monoisotopic (exact) mass is 418 g/mol. The van der Waals surface area contributed by atoms with Gasteiger partial charge in [0.1, 0.15) is 18.0 Å². The fourth-order valence-corrected chi connectivity index (χ4v) is 3.78. The van der Waals surface area contributed by atoms with Gasteiger partial charge in [-0.25, -0.2) is 9.07 Å². The Hall–Kier alpha value is -3.74. The molecule has 0 fully saturated rings. The summed E-state index contributed by atoms with van der Waals surface area (Å²) < 4.78 is 16.6. The molecule has 0 atom stereocenters. The molecule has 0 spiro atoms. The van der Waals surface area contributed by atoms with Crippen molar-refractivity contribution in [2.75, 3.05) is 5.32 Å². The van der Waals surface area contributed by atoms with Crippen LogP contribution in [0.1, 0.15) is 23.7 Å². The van der Waals surface area contributed by atoms with Crippen molar-refractivity contribution in [3.8, 4) is 5.69 Å². The number of nitrogens with one attached hydrogen (secondary N) is 1. The van der Waals surface area contributed by atoms with E-state index < -0.39 is 11.7 Å². The molecule has 6 nitrogen and oxygen atoms in total. The van der Waals surface area contributed by atoms with Crippen LogP contribution in [0.5, 0.6) is 0 Å². The minimum Gasteiger partial charge on any atom is -0.324 e. The highest BCUT2D eigenvalue weighted by atomic mass is 19.1. The Morgan fingerprint density at radius 3 is 2.52 bits per heavy atom. The molecule has 0 radical (unpaired) electrons. The van der Waals surface area contributed by atoms with Gasteiger partial charge in [0, 0.05) is 17.1 Å². The van der Waals surface area contributed by atoms with E-state index in [0.717, 1.165) is 28.8 Å². The van der Waals surface area contributed by atoms with Crippen LogP contribution in [0.4, 0.5) is 10.1 Å². The summed E-state index contributed by atoms with van der Waals surface area (Å²) in [7, 11) is 0. The molecule has 0 aliphatic heterocycles. The number of hydrogen-bond acceptors (Lipinski definition) is 3. The molecule has 0 unspecified atom stereocenters. The minimum atomic E-state index is -0.447. The molecule has 0 bridgehead atoms. The van der Waals surface area contributed by atoms with Gasteiger partial charge >= 0.3 is 0 Å². The SMILES string of the molecule is CCc1ccc(-n2nc(C)c3c(C)cc(=O)n(CC(=O)Nc4cccc(F)c4)c32)cc1. The Balaban J connectivity index is 1.80. The summed E-state index contributed by atoms with van der Waals surface area (Å²) in [6.45, 7) is 5.61. The zero-order chi connectivity index (χ0) is 22.1. The molecule has 4 rings (SSSR count). The number of rotatable bonds is 5. The van der Waals surface area contributed by atoms with Crippen LogP contribution in [0.15, 0.2) is 59.4 Å². The molecule has 158 valence electrons. The fourth-order valence-electron chi connectivity index (χ4n) is 3.78. The van der Waals surface area contributed by atoms with E-state index in [1.54, 1.807) is 10.7 Å². The average molecular weight is 418 g/mol. The van der Waals surface area contributed by atoms with Crippen molar-refractivity contribution < 1.29 is 9.18 Å². The highest BCUT2D eigenvalue weighted by Gasteiger charge is 2.19. The van der Waals surface area contributed by atoms with Crippen LogP contribution >= 0.6 is 0 Å². The van der Waals surface area contributed by atoms with Crippen LogP contribution in [0.25, 0.3) is 16.7 Å². The van der Waals surface area contributed by atoms with Crippen molar-refractivity contribution in [2.45, 2.75) is 33.7 Å². The second-order valence-corrected chi connectivity index (χ2v) is 7.53. The molecular weight excluding hydrogens is 395 g/mol. The lowest BCUT2D eigenvalue weighted by atomic mass is 10.1. The van der Waals surface area contributed by atoms with Crippen LogP contribution in [0.2, 0.25) is 0 Å². The van der Waals surface area contributed by atoms with Crippen LogP contribution in [0.3, 0.4) is 0 Å². The molecule has 2 aromatic carbocycles. The number of carbonyl (C=O) groups is 1. The van der Waals surface area contributed by atoms with Crippen molar-refractivity contribution in [3.63, 3.8) is 0 Å². The number of nitrogens with zero attached hydrogens (tertiary/aromatic N) is 3. The molecule has 2 aromatic heterocycles. The Kier molecular flexibility index (Phi) is 5.42. The normalized spacial score (nSPS) is 11.1. The van der Waals surface area contributed by atoms with Gasteiger partial charge in [-0.05, 0) is 61.7 Å². The zero-order valence-corrected chi connectivity index (χ0v) is 17.6. The zero-order valence-electron chi connectivity index (χ0n) is 17.6. The van der Waals surface area contributed by atoms with Gasteiger partial charge in [0.25, 0.3) is 5.56 Å². The molecule has 31 heavy (non-hydrogen) atoms. The van der Waals surface area contributed by atoms with Gasteiger partial charge in [0.15, 0.2) is 0 Å². The average Bonchev–Trinajstić information content (AvgIpc) is 3.08. The third-order valence-corrected chi connectivity index (χ3v) is 5.29. The lowest BCUT2D eigenvalue weighted by Crippen LogP contribution is -2.29. The smallest absolute Gasteiger partial charge is 0.252 e. The minimum absolute atomic E-state index is 0.218. The summed E-state index contributed by atoms with van der Waals surface area (Å²) in [5.41, 5.74) is 4.16. The molecule has 7 heteroatoms. The first-order valence-corrected chi connectivity index (χ1v) is 10.1. The summed E-state index contributed by atoms with van der Waals surface area (Å²) in [5.74, 6) is -0.874. The number of amides is 1. The third-order valence-electron chi connectivity index (χ3n) is 5.29. The van der Waals surface area contributed by atoms with E-state index in [-0.39, 0.29) is 12.1 Å². The topological polar surface area (TPSA) is 68.9 Å². The predicted octanol–water partition coefficient (Wildman–Crippen LogP) is 4.14. The first-order chi connectivity index (χ1) is 14.9. The first-order valence-electron chi connectivity index (χ1n) is 10.1. The van der Waals surface area contributed by atoms with Gasteiger partial charge < -0.3 is 5.32 Å². The molecule has 0 aliphatic carbocycles. The van der Waals surface area contributed by atoms with Crippen molar-refractivity contribution in [2.24, 2.45) is 0 Å². The van der Waals surface area contributed by atoms with Crippen LogP contribution in [-0.4, -0.2) is 20.3 Å². The number of fused-ring (bicyclic) bond motifs is 1. The molecule has 1 amide bonds. The Morgan fingerprint density at radius 2 is 1.84 bits per heavy atom. The van der Waals surface area contributed by atoms with Crippen LogP contribution in [-0.2, 0) is 17.8 Å². The maximum absolute atomic E-state index is 13.4. The summed E-state index contributed by atoms with van der Waals surface area (Å²) in [5, 5.41) is 8.14. The van der Waals surface area contributed by atoms with Crippen molar-refractivity contribution in [1.29, 1.82) is 0 Å². The Labute approximate surface area is 178 Å².